The first kappa shape index (κ1) is 15.5. The van der Waals surface area contributed by atoms with E-state index in [1.54, 1.807) is 30.5 Å². The number of nitrogens with one attached hydrogen (secondary N) is 1. The molecule has 7 heteroatoms. The number of benzene rings is 2. The van der Waals surface area contributed by atoms with E-state index >= 15 is 0 Å². The van der Waals surface area contributed by atoms with Crippen molar-refractivity contribution in [3.63, 3.8) is 0 Å². The van der Waals surface area contributed by atoms with E-state index in [1.807, 2.05) is 12.1 Å². The monoisotopic (exact) mass is 346 g/mol. The third-order valence-corrected chi connectivity index (χ3v) is 4.59. The molecule has 0 aliphatic rings. The number of anilines is 1. The van der Waals surface area contributed by atoms with Crippen LogP contribution in [0.3, 0.4) is 0 Å². The molecule has 5 nitrogen and oxygen atoms in total. The number of pyridine rings is 1. The molecule has 0 spiro atoms. The second-order valence-corrected chi connectivity index (χ2v) is 7.40. The summed E-state index contributed by atoms with van der Waals surface area (Å²) in [5.41, 5.74) is 1.48. The number of carbonyl (C=O) groups is 1. The number of aromatic nitrogens is 1. The van der Waals surface area contributed by atoms with Crippen LogP contribution in [0.4, 0.5) is 5.69 Å². The molecule has 2 aromatic carbocycles. The van der Waals surface area contributed by atoms with Crippen LogP contribution in [0.1, 0.15) is 10.4 Å². The Labute approximate surface area is 137 Å². The lowest BCUT2D eigenvalue weighted by molar-refractivity contribution is 0.102. The van der Waals surface area contributed by atoms with E-state index in [-0.39, 0.29) is 10.8 Å². The number of rotatable bonds is 3. The fraction of sp³-hybridized carbons (Fsp3) is 0. The maximum atomic E-state index is 12.3. The third-order valence-electron chi connectivity index (χ3n) is 3.24. The minimum absolute atomic E-state index is 0.0721. The van der Waals surface area contributed by atoms with E-state index < -0.39 is 9.05 Å². The van der Waals surface area contributed by atoms with Gasteiger partial charge in [-0.15, -0.1) is 0 Å². The second kappa shape index (κ2) is 5.98. The summed E-state index contributed by atoms with van der Waals surface area (Å²) in [5, 5.41) is 3.58. The quantitative estimate of drug-likeness (QED) is 0.737. The molecule has 0 unspecified atom stereocenters. The van der Waals surface area contributed by atoms with Gasteiger partial charge in [0.2, 0.25) is 0 Å². The first-order chi connectivity index (χ1) is 10.9. The molecule has 1 aromatic heterocycles. The van der Waals surface area contributed by atoms with Crippen molar-refractivity contribution in [2.75, 3.05) is 5.32 Å². The number of fused-ring (bicyclic) bond motifs is 1. The highest BCUT2D eigenvalue weighted by Crippen LogP contribution is 2.20. The summed E-state index contributed by atoms with van der Waals surface area (Å²) in [4.78, 5) is 16.4. The number of hydrogen-bond donors (Lipinski definition) is 1. The first-order valence-electron chi connectivity index (χ1n) is 6.64. The fourth-order valence-corrected chi connectivity index (χ4v) is 2.93. The third kappa shape index (κ3) is 3.49. The van der Waals surface area contributed by atoms with E-state index in [4.69, 9.17) is 10.7 Å². The molecule has 0 bridgehead atoms. The molecule has 0 saturated carbocycles. The van der Waals surface area contributed by atoms with E-state index in [0.29, 0.717) is 16.8 Å². The van der Waals surface area contributed by atoms with Gasteiger partial charge in [-0.05, 0) is 36.4 Å². The highest BCUT2D eigenvalue weighted by molar-refractivity contribution is 8.13. The van der Waals surface area contributed by atoms with Gasteiger partial charge in [-0.1, -0.05) is 18.2 Å². The molecule has 0 radical (unpaired) electrons. The summed E-state index contributed by atoms with van der Waals surface area (Å²) in [5.74, 6) is -0.360. The van der Waals surface area contributed by atoms with Crippen LogP contribution in [0, 0.1) is 0 Å². The van der Waals surface area contributed by atoms with E-state index in [9.17, 15) is 13.2 Å². The van der Waals surface area contributed by atoms with E-state index in [0.717, 1.165) is 5.39 Å². The number of amides is 1. The lowest BCUT2D eigenvalue weighted by Crippen LogP contribution is -2.12. The lowest BCUT2D eigenvalue weighted by Gasteiger charge is -2.07. The summed E-state index contributed by atoms with van der Waals surface area (Å²) in [6.07, 6.45) is 1.65. The second-order valence-electron chi connectivity index (χ2n) is 4.83. The van der Waals surface area contributed by atoms with Crippen LogP contribution < -0.4 is 5.32 Å². The predicted octanol–water partition coefficient (Wildman–Crippen LogP) is 3.41. The average Bonchev–Trinajstić information content (AvgIpc) is 2.54. The van der Waals surface area contributed by atoms with Gasteiger partial charge >= 0.3 is 0 Å². The zero-order valence-electron chi connectivity index (χ0n) is 11.7. The van der Waals surface area contributed by atoms with Gasteiger partial charge in [0.25, 0.3) is 15.0 Å². The van der Waals surface area contributed by atoms with Crippen molar-refractivity contribution < 1.29 is 13.2 Å². The van der Waals surface area contributed by atoms with Gasteiger partial charge in [0, 0.05) is 33.5 Å². The molecule has 1 heterocycles. The molecular formula is C16H11ClN2O3S. The zero-order chi connectivity index (χ0) is 16.4. The van der Waals surface area contributed by atoms with E-state index in [1.165, 1.54) is 18.2 Å². The van der Waals surface area contributed by atoms with Gasteiger partial charge in [0.1, 0.15) is 0 Å². The minimum Gasteiger partial charge on any atom is -0.322 e. The van der Waals surface area contributed by atoms with Gasteiger partial charge in [-0.2, -0.15) is 0 Å². The molecule has 3 rings (SSSR count). The highest BCUT2D eigenvalue weighted by atomic mass is 35.7. The van der Waals surface area contributed by atoms with Crippen molar-refractivity contribution >= 4 is 42.2 Å². The van der Waals surface area contributed by atoms with Crippen LogP contribution in [0.5, 0.6) is 0 Å². The Morgan fingerprint density at radius 3 is 2.65 bits per heavy atom. The summed E-state index contributed by atoms with van der Waals surface area (Å²) in [6.45, 7) is 0. The van der Waals surface area contributed by atoms with Crippen LogP contribution in [0.25, 0.3) is 10.9 Å². The minimum atomic E-state index is -3.84. The number of nitrogens with zero attached hydrogens (tertiary/aromatic N) is 1. The Kier molecular flexibility index (Phi) is 4.02. The van der Waals surface area contributed by atoms with E-state index in [2.05, 4.69) is 10.3 Å². The molecule has 0 atom stereocenters. The molecule has 116 valence electrons. The van der Waals surface area contributed by atoms with Crippen LogP contribution in [0.2, 0.25) is 0 Å². The summed E-state index contributed by atoms with van der Waals surface area (Å²) < 4.78 is 22.7. The van der Waals surface area contributed by atoms with Gasteiger partial charge in [-0.25, -0.2) is 8.42 Å². The number of carbonyl (C=O) groups excluding carboxylic acids is 1. The molecule has 0 aliphatic carbocycles. The molecule has 0 saturated heterocycles. The number of hydrogen-bond acceptors (Lipinski definition) is 4. The van der Waals surface area contributed by atoms with Crippen molar-refractivity contribution in [2.45, 2.75) is 4.90 Å². The average molecular weight is 347 g/mol. The van der Waals surface area contributed by atoms with Crippen LogP contribution in [-0.4, -0.2) is 19.3 Å². The Hall–Kier alpha value is -2.44. The van der Waals surface area contributed by atoms with Crippen molar-refractivity contribution in [3.05, 3.63) is 66.4 Å². The maximum Gasteiger partial charge on any atom is 0.261 e. The van der Waals surface area contributed by atoms with Gasteiger partial charge in [-0.3, -0.25) is 9.78 Å². The Morgan fingerprint density at radius 2 is 1.87 bits per heavy atom. The molecule has 0 fully saturated rings. The molecular weight excluding hydrogens is 336 g/mol. The summed E-state index contributed by atoms with van der Waals surface area (Å²) in [6, 6.07) is 14.6. The van der Waals surface area contributed by atoms with Gasteiger partial charge < -0.3 is 5.32 Å². The van der Waals surface area contributed by atoms with Crippen molar-refractivity contribution in [3.8, 4) is 0 Å². The van der Waals surface area contributed by atoms with Gasteiger partial charge in [0.15, 0.2) is 0 Å². The van der Waals surface area contributed by atoms with Crippen molar-refractivity contribution in [1.29, 1.82) is 0 Å². The molecule has 0 aliphatic heterocycles. The predicted molar refractivity (Wildman–Crippen MR) is 89.2 cm³/mol. The first-order valence-corrected chi connectivity index (χ1v) is 8.95. The molecule has 1 N–H and O–H groups in total. The zero-order valence-corrected chi connectivity index (χ0v) is 13.3. The molecule has 3 aromatic rings. The highest BCUT2D eigenvalue weighted by Gasteiger charge is 2.12. The Bertz CT molecular complexity index is 1000. The maximum absolute atomic E-state index is 12.3. The van der Waals surface area contributed by atoms with Crippen LogP contribution in [0.15, 0.2) is 65.7 Å². The smallest absolute Gasteiger partial charge is 0.261 e. The lowest BCUT2D eigenvalue weighted by atomic mass is 10.1. The molecule has 1 amide bonds. The Morgan fingerprint density at radius 1 is 1.04 bits per heavy atom. The topological polar surface area (TPSA) is 76.1 Å². The summed E-state index contributed by atoms with van der Waals surface area (Å²) >= 11 is 0. The van der Waals surface area contributed by atoms with Crippen molar-refractivity contribution in [1.82, 2.24) is 4.98 Å². The van der Waals surface area contributed by atoms with Crippen LogP contribution in [-0.2, 0) is 9.05 Å². The standard InChI is InChI=1S/C16H11ClN2O3S/c17-23(21,22)14-5-1-4-13(10-14)19-16(20)12-7-6-11-3-2-8-18-15(11)9-12/h1-10H,(H,19,20). The normalized spacial score (nSPS) is 11.3. The van der Waals surface area contributed by atoms with Gasteiger partial charge in [0.05, 0.1) is 10.4 Å². The molecule has 23 heavy (non-hydrogen) atoms. The largest absolute Gasteiger partial charge is 0.322 e. The van der Waals surface area contributed by atoms with Crippen molar-refractivity contribution in [2.24, 2.45) is 0 Å². The van der Waals surface area contributed by atoms with Crippen LogP contribution >= 0.6 is 10.7 Å². The Balaban J connectivity index is 1.88. The fourth-order valence-electron chi connectivity index (χ4n) is 2.14. The number of halogens is 1. The summed E-state index contributed by atoms with van der Waals surface area (Å²) in [7, 11) is 1.46. The SMILES string of the molecule is O=C(Nc1cccc(S(=O)(=O)Cl)c1)c1ccc2cccnc2c1.